The van der Waals surface area contributed by atoms with Gasteiger partial charge in [0, 0.05) is 5.56 Å². The van der Waals surface area contributed by atoms with E-state index in [0.29, 0.717) is 30.1 Å². The fraction of sp³-hybridized carbons (Fsp3) is 0.588. The topological polar surface area (TPSA) is 18.5 Å². The molecule has 206 valence electrons. The largest absolute Gasteiger partial charge is 0.491 e. The SMILES string of the molecule is CC=CC1CCC(C2CCC(C3CCC(c4ccc(-c5ccc(OCC)c(F)c5F)cc4)CC3)OC2)CC1. The molecule has 0 amide bonds. The Kier molecular flexibility index (Phi) is 9.20. The molecule has 1 heterocycles. The molecular weight excluding hydrogens is 478 g/mol. The number of hydrogen-bond acceptors (Lipinski definition) is 2. The molecule has 5 rings (SSSR count). The van der Waals surface area contributed by atoms with Crippen molar-refractivity contribution in [1.82, 2.24) is 0 Å². The third-order valence-electron chi connectivity index (χ3n) is 9.63. The Hall–Kier alpha value is -2.20. The third-order valence-corrected chi connectivity index (χ3v) is 9.63. The van der Waals surface area contributed by atoms with Crippen LogP contribution in [0.15, 0.2) is 48.6 Å². The monoisotopic (exact) mass is 522 g/mol. The van der Waals surface area contributed by atoms with Crippen molar-refractivity contribution in [3.05, 3.63) is 65.7 Å². The maximum atomic E-state index is 14.7. The highest BCUT2D eigenvalue weighted by molar-refractivity contribution is 5.65. The summed E-state index contributed by atoms with van der Waals surface area (Å²) in [5.74, 6) is 1.84. The Morgan fingerprint density at radius 3 is 2.11 bits per heavy atom. The van der Waals surface area contributed by atoms with Gasteiger partial charge >= 0.3 is 0 Å². The Morgan fingerprint density at radius 1 is 0.789 bits per heavy atom. The Bertz CT molecular complexity index is 1050. The van der Waals surface area contributed by atoms with E-state index in [0.717, 1.165) is 24.4 Å². The molecule has 2 aromatic rings. The van der Waals surface area contributed by atoms with Crippen LogP contribution in [0.4, 0.5) is 8.78 Å². The van der Waals surface area contributed by atoms with E-state index in [4.69, 9.17) is 9.47 Å². The minimum Gasteiger partial charge on any atom is -0.491 e. The molecular formula is C34H44F2O2. The van der Waals surface area contributed by atoms with Crippen LogP contribution in [0.1, 0.15) is 89.5 Å². The van der Waals surface area contributed by atoms with Crippen LogP contribution in [0.2, 0.25) is 0 Å². The van der Waals surface area contributed by atoms with Gasteiger partial charge in [-0.3, -0.25) is 0 Å². The highest BCUT2D eigenvalue weighted by Crippen LogP contribution is 2.43. The van der Waals surface area contributed by atoms with Gasteiger partial charge in [0.25, 0.3) is 0 Å². The van der Waals surface area contributed by atoms with Crippen molar-refractivity contribution in [2.75, 3.05) is 13.2 Å². The van der Waals surface area contributed by atoms with Crippen molar-refractivity contribution in [1.29, 1.82) is 0 Å². The van der Waals surface area contributed by atoms with Gasteiger partial charge in [0.1, 0.15) is 0 Å². The van der Waals surface area contributed by atoms with Crippen molar-refractivity contribution in [2.24, 2.45) is 23.7 Å². The van der Waals surface area contributed by atoms with Gasteiger partial charge in [0.05, 0.1) is 19.3 Å². The van der Waals surface area contributed by atoms with Crippen LogP contribution >= 0.6 is 0 Å². The summed E-state index contributed by atoms with van der Waals surface area (Å²) in [4.78, 5) is 0. The first-order chi connectivity index (χ1) is 18.6. The zero-order valence-electron chi connectivity index (χ0n) is 23.1. The summed E-state index contributed by atoms with van der Waals surface area (Å²) < 4.78 is 40.7. The molecule has 2 aliphatic carbocycles. The van der Waals surface area contributed by atoms with E-state index in [1.54, 1.807) is 13.0 Å². The van der Waals surface area contributed by atoms with Crippen molar-refractivity contribution in [3.63, 3.8) is 0 Å². The van der Waals surface area contributed by atoms with Crippen LogP contribution in [0.25, 0.3) is 11.1 Å². The molecule has 2 unspecified atom stereocenters. The van der Waals surface area contributed by atoms with Crippen LogP contribution in [0, 0.1) is 35.3 Å². The molecule has 0 radical (unpaired) electrons. The van der Waals surface area contributed by atoms with E-state index in [-0.39, 0.29) is 11.3 Å². The van der Waals surface area contributed by atoms with Gasteiger partial charge in [0.15, 0.2) is 11.6 Å². The van der Waals surface area contributed by atoms with Crippen molar-refractivity contribution in [3.8, 4) is 16.9 Å². The van der Waals surface area contributed by atoms with Gasteiger partial charge in [-0.1, -0.05) is 36.4 Å². The normalized spacial score (nSPS) is 30.4. The summed E-state index contributed by atoms with van der Waals surface area (Å²) in [6.07, 6.45) is 17.9. The highest BCUT2D eigenvalue weighted by Gasteiger charge is 2.35. The average Bonchev–Trinajstić information content (AvgIpc) is 2.97. The van der Waals surface area contributed by atoms with Crippen LogP contribution in [0.5, 0.6) is 5.75 Å². The first-order valence-electron chi connectivity index (χ1n) is 15.0. The lowest BCUT2D eigenvalue weighted by Crippen LogP contribution is -2.37. The van der Waals surface area contributed by atoms with E-state index in [1.807, 2.05) is 12.1 Å². The summed E-state index contributed by atoms with van der Waals surface area (Å²) in [6.45, 7) is 5.17. The van der Waals surface area contributed by atoms with Crippen LogP contribution in [-0.2, 0) is 4.74 Å². The molecule has 4 heteroatoms. The lowest BCUT2D eigenvalue weighted by atomic mass is 9.71. The molecule has 2 aromatic carbocycles. The van der Waals surface area contributed by atoms with Crippen LogP contribution in [0.3, 0.4) is 0 Å². The summed E-state index contributed by atoms with van der Waals surface area (Å²) in [6, 6.07) is 11.2. The van der Waals surface area contributed by atoms with Gasteiger partial charge in [-0.15, -0.1) is 0 Å². The van der Waals surface area contributed by atoms with E-state index in [9.17, 15) is 8.78 Å². The van der Waals surface area contributed by atoms with E-state index in [2.05, 4.69) is 31.2 Å². The van der Waals surface area contributed by atoms with Gasteiger partial charge in [0.2, 0.25) is 5.82 Å². The molecule has 0 aromatic heterocycles. The molecule has 2 atom stereocenters. The number of rotatable bonds is 7. The molecule has 0 spiro atoms. The Morgan fingerprint density at radius 2 is 1.47 bits per heavy atom. The zero-order valence-corrected chi connectivity index (χ0v) is 23.1. The lowest BCUT2D eigenvalue weighted by molar-refractivity contribution is -0.0718. The molecule has 0 N–H and O–H groups in total. The summed E-state index contributed by atoms with van der Waals surface area (Å²) in [5.41, 5.74) is 2.28. The minimum atomic E-state index is -0.917. The van der Waals surface area contributed by atoms with E-state index < -0.39 is 11.6 Å². The Labute approximate surface area is 227 Å². The highest BCUT2D eigenvalue weighted by atomic mass is 19.2. The smallest absolute Gasteiger partial charge is 0.201 e. The molecule has 3 aliphatic rings. The number of halogens is 2. The molecule has 38 heavy (non-hydrogen) atoms. The predicted octanol–water partition coefficient (Wildman–Crippen LogP) is 9.48. The minimum absolute atomic E-state index is 0.0354. The molecule has 1 aliphatic heterocycles. The third kappa shape index (κ3) is 6.17. The predicted molar refractivity (Wildman–Crippen MR) is 150 cm³/mol. The number of ether oxygens (including phenoxy) is 2. The molecule has 1 saturated heterocycles. The van der Waals surface area contributed by atoms with Crippen molar-refractivity contribution < 1.29 is 18.3 Å². The molecule has 0 bridgehead atoms. The first kappa shape index (κ1) is 27.4. The summed E-state index contributed by atoms with van der Waals surface area (Å²) >= 11 is 0. The Balaban J connectivity index is 1.10. The molecule has 2 nitrogen and oxygen atoms in total. The van der Waals surface area contributed by atoms with Crippen molar-refractivity contribution in [2.45, 2.75) is 90.1 Å². The first-order valence-corrected chi connectivity index (χ1v) is 15.0. The maximum absolute atomic E-state index is 14.7. The van der Waals surface area contributed by atoms with Crippen LogP contribution < -0.4 is 4.74 Å². The van der Waals surface area contributed by atoms with Gasteiger partial charge in [-0.05, 0) is 131 Å². The average molecular weight is 523 g/mol. The number of benzene rings is 2. The molecule has 2 saturated carbocycles. The number of allylic oxidation sites excluding steroid dienone is 2. The fourth-order valence-corrected chi connectivity index (χ4v) is 7.40. The quantitative estimate of drug-likeness (QED) is 0.337. The van der Waals surface area contributed by atoms with Gasteiger partial charge < -0.3 is 9.47 Å². The van der Waals surface area contributed by atoms with E-state index in [1.165, 1.54) is 75.8 Å². The summed E-state index contributed by atoms with van der Waals surface area (Å²) in [7, 11) is 0. The second-order valence-corrected chi connectivity index (χ2v) is 11.8. The maximum Gasteiger partial charge on any atom is 0.201 e. The number of hydrogen-bond donors (Lipinski definition) is 0. The second kappa shape index (κ2) is 12.8. The standard InChI is InChI=1S/C34H44F2O2/c1-3-5-23-6-8-26(9-7-23)29-18-20-31(38-22-29)28-16-12-25(13-17-28)24-10-14-27(15-11-24)30-19-21-32(37-4-2)34(36)33(30)35/h3,5,10-11,14-15,19,21,23,25-26,28-29,31H,4,6-9,12-13,16-18,20,22H2,1-2H3. The lowest BCUT2D eigenvalue weighted by Gasteiger charge is -2.41. The fourth-order valence-electron chi connectivity index (χ4n) is 7.40. The zero-order chi connectivity index (χ0) is 26.5. The van der Waals surface area contributed by atoms with Crippen LogP contribution in [-0.4, -0.2) is 19.3 Å². The molecule has 3 fully saturated rings. The van der Waals surface area contributed by atoms with Gasteiger partial charge in [-0.2, -0.15) is 4.39 Å². The summed E-state index contributed by atoms with van der Waals surface area (Å²) in [5, 5.41) is 0. The van der Waals surface area contributed by atoms with Gasteiger partial charge in [-0.25, -0.2) is 4.39 Å². The van der Waals surface area contributed by atoms with E-state index >= 15 is 0 Å². The van der Waals surface area contributed by atoms with Crippen molar-refractivity contribution >= 4 is 0 Å². The second-order valence-electron chi connectivity index (χ2n) is 11.8.